The molecule has 2 aromatic carbocycles. The quantitative estimate of drug-likeness (QED) is 0.340. The van der Waals surface area contributed by atoms with Gasteiger partial charge in [0.1, 0.15) is 29.7 Å². The van der Waals surface area contributed by atoms with Crippen LogP contribution >= 0.6 is 0 Å². The molecule has 0 radical (unpaired) electrons. The first-order chi connectivity index (χ1) is 18.5. The van der Waals surface area contributed by atoms with Crippen LogP contribution in [-0.4, -0.2) is 62.6 Å². The second-order valence-corrected chi connectivity index (χ2v) is 9.11. The summed E-state index contributed by atoms with van der Waals surface area (Å²) in [4.78, 5) is 22.6. The van der Waals surface area contributed by atoms with E-state index in [4.69, 9.17) is 19.9 Å². The van der Waals surface area contributed by atoms with Crippen molar-refractivity contribution in [3.05, 3.63) is 47.3 Å². The Bertz CT molecular complexity index is 1330. The van der Waals surface area contributed by atoms with Crippen molar-refractivity contribution in [3.63, 3.8) is 0 Å². The number of rotatable bonds is 9. The predicted octanol–water partition coefficient (Wildman–Crippen LogP) is 4.02. The van der Waals surface area contributed by atoms with E-state index < -0.39 is 23.9 Å². The van der Waals surface area contributed by atoms with Gasteiger partial charge < -0.3 is 35.5 Å². The van der Waals surface area contributed by atoms with E-state index in [-0.39, 0.29) is 11.3 Å². The molecule has 3 aromatic rings. The lowest BCUT2D eigenvalue weighted by Crippen LogP contribution is -2.43. The molecular weight excluding hydrogens is 517 g/mol. The lowest BCUT2D eigenvalue weighted by Gasteiger charge is -2.31. The van der Waals surface area contributed by atoms with E-state index in [1.165, 1.54) is 6.07 Å². The fraction of sp³-hybridized carbons (Fsp3) is 0.423. The molecule has 1 fully saturated rings. The lowest BCUT2D eigenvalue weighted by atomic mass is 10.0. The van der Waals surface area contributed by atoms with E-state index in [2.05, 4.69) is 25.5 Å². The van der Waals surface area contributed by atoms with E-state index in [0.717, 1.165) is 44.0 Å². The molecule has 13 heteroatoms. The summed E-state index contributed by atoms with van der Waals surface area (Å²) in [5.74, 6) is 1.22. The van der Waals surface area contributed by atoms with Gasteiger partial charge in [0, 0.05) is 38.7 Å². The van der Waals surface area contributed by atoms with Crippen LogP contribution in [-0.2, 0) is 10.9 Å². The highest BCUT2D eigenvalue weighted by Crippen LogP contribution is 2.38. The Morgan fingerprint density at radius 1 is 1.15 bits per heavy atom. The number of carbonyl (C=O) groups is 1. The third-order valence-electron chi connectivity index (χ3n) is 6.22. The van der Waals surface area contributed by atoms with Crippen molar-refractivity contribution in [2.24, 2.45) is 5.73 Å². The Morgan fingerprint density at radius 3 is 2.56 bits per heavy atom. The van der Waals surface area contributed by atoms with Gasteiger partial charge in [-0.05, 0) is 49.7 Å². The van der Waals surface area contributed by atoms with Crippen molar-refractivity contribution in [2.45, 2.75) is 26.1 Å². The third kappa shape index (κ3) is 6.98. The molecule has 4 rings (SSSR count). The zero-order valence-electron chi connectivity index (χ0n) is 21.9. The van der Waals surface area contributed by atoms with Crippen LogP contribution in [0.25, 0.3) is 10.9 Å². The molecule has 0 aliphatic carbocycles. The summed E-state index contributed by atoms with van der Waals surface area (Å²) in [6.07, 6.45) is -5.86. The van der Waals surface area contributed by atoms with E-state index in [0.29, 0.717) is 41.5 Å². The maximum Gasteiger partial charge on any atom is 0.416 e. The van der Waals surface area contributed by atoms with Gasteiger partial charge in [0.25, 0.3) is 0 Å². The largest absolute Gasteiger partial charge is 0.489 e. The van der Waals surface area contributed by atoms with Gasteiger partial charge in [-0.25, -0.2) is 14.8 Å². The first-order valence-electron chi connectivity index (χ1n) is 12.4. The normalized spacial score (nSPS) is 14.8. The molecule has 1 aliphatic rings. The van der Waals surface area contributed by atoms with Crippen LogP contribution in [0, 0.1) is 6.92 Å². The minimum absolute atomic E-state index is 0.222. The number of carbonyl (C=O) groups excluding carboxylic acids is 1. The average molecular weight is 549 g/mol. The van der Waals surface area contributed by atoms with Crippen LogP contribution in [0.2, 0.25) is 0 Å². The number of ether oxygens (including phenoxy) is 3. The van der Waals surface area contributed by atoms with Gasteiger partial charge in [-0.1, -0.05) is 0 Å². The number of aryl methyl sites for hydroxylation is 1. The molecule has 0 bridgehead atoms. The highest BCUT2D eigenvalue weighted by atomic mass is 19.4. The van der Waals surface area contributed by atoms with Crippen molar-refractivity contribution in [3.8, 4) is 11.5 Å². The van der Waals surface area contributed by atoms with Gasteiger partial charge in [0.2, 0.25) is 0 Å². The number of benzene rings is 2. The Morgan fingerprint density at radius 2 is 1.90 bits per heavy atom. The smallest absolute Gasteiger partial charge is 0.416 e. The summed E-state index contributed by atoms with van der Waals surface area (Å²) in [7, 11) is 1.59. The van der Waals surface area contributed by atoms with E-state index in [9.17, 15) is 18.0 Å². The van der Waals surface area contributed by atoms with E-state index >= 15 is 0 Å². The molecule has 0 unspecified atom stereocenters. The molecule has 1 amide bonds. The van der Waals surface area contributed by atoms with Gasteiger partial charge in [-0.2, -0.15) is 13.2 Å². The van der Waals surface area contributed by atoms with Crippen LogP contribution in [0.4, 0.5) is 29.5 Å². The van der Waals surface area contributed by atoms with Gasteiger partial charge in [-0.15, -0.1) is 0 Å². The fourth-order valence-corrected chi connectivity index (χ4v) is 4.37. The minimum atomic E-state index is -4.65. The molecule has 1 saturated heterocycles. The number of fused-ring (bicyclic) bond motifs is 1. The Labute approximate surface area is 223 Å². The fourth-order valence-electron chi connectivity index (χ4n) is 4.37. The highest BCUT2D eigenvalue weighted by molar-refractivity contribution is 5.94. The number of primary amides is 1. The van der Waals surface area contributed by atoms with E-state index in [1.807, 2.05) is 12.1 Å². The summed E-state index contributed by atoms with van der Waals surface area (Å²) in [6, 6.07) is 6.16. The number of nitrogens with zero attached hydrogens (tertiary/aromatic N) is 3. The number of hydrogen-bond acceptors (Lipinski definition) is 9. The topological polar surface area (TPSA) is 124 Å². The maximum atomic E-state index is 13.6. The number of alkyl halides is 3. The zero-order valence-corrected chi connectivity index (χ0v) is 21.9. The molecule has 1 aliphatic heterocycles. The number of methoxy groups -OCH3 is 1. The van der Waals surface area contributed by atoms with Crippen LogP contribution in [0.3, 0.4) is 0 Å². The van der Waals surface area contributed by atoms with Crippen LogP contribution in [0.5, 0.6) is 11.5 Å². The van der Waals surface area contributed by atoms with Crippen molar-refractivity contribution < 1.29 is 32.2 Å². The Balaban J connectivity index is 1.74. The standard InChI is InChI=1S/C26H31F3N6O4/c1-15(17-10-18(26(27,28)29)12-19(11-17)39-25(30)36)32-24-20-13-23(38-9-8-37-3)22(35-6-4-31-5-7-35)14-21(20)33-16(2)34-24/h10-15,31H,4-9H2,1-3H3,(H2,30,36)(H,32,33,34)/t15-/m1/s1. The monoisotopic (exact) mass is 548 g/mol. The number of halogens is 3. The van der Waals surface area contributed by atoms with Crippen molar-refractivity contribution in [2.75, 3.05) is 56.7 Å². The van der Waals surface area contributed by atoms with E-state index in [1.54, 1.807) is 21.0 Å². The first-order valence-corrected chi connectivity index (χ1v) is 12.4. The number of anilines is 2. The number of piperazine rings is 1. The summed E-state index contributed by atoms with van der Waals surface area (Å²) >= 11 is 0. The maximum absolute atomic E-state index is 13.6. The zero-order chi connectivity index (χ0) is 28.2. The molecule has 4 N–H and O–H groups in total. The molecule has 1 atom stereocenters. The predicted molar refractivity (Wildman–Crippen MR) is 140 cm³/mol. The lowest BCUT2D eigenvalue weighted by molar-refractivity contribution is -0.137. The second kappa shape index (κ2) is 11.9. The number of amides is 1. The molecule has 0 saturated carbocycles. The average Bonchev–Trinajstić information content (AvgIpc) is 2.88. The second-order valence-electron chi connectivity index (χ2n) is 9.11. The molecule has 0 spiro atoms. The van der Waals surface area contributed by atoms with Crippen molar-refractivity contribution >= 4 is 28.5 Å². The molecule has 10 nitrogen and oxygen atoms in total. The third-order valence-corrected chi connectivity index (χ3v) is 6.22. The number of aromatic nitrogens is 2. The summed E-state index contributed by atoms with van der Waals surface area (Å²) in [5.41, 5.74) is 5.84. The van der Waals surface area contributed by atoms with Crippen LogP contribution in [0.1, 0.15) is 29.9 Å². The minimum Gasteiger partial charge on any atom is -0.489 e. The van der Waals surface area contributed by atoms with Gasteiger partial charge in [0.15, 0.2) is 0 Å². The number of hydrogen-bond donors (Lipinski definition) is 3. The van der Waals surface area contributed by atoms with Gasteiger partial charge in [0.05, 0.1) is 29.4 Å². The molecule has 39 heavy (non-hydrogen) atoms. The van der Waals surface area contributed by atoms with Gasteiger partial charge >= 0.3 is 12.3 Å². The van der Waals surface area contributed by atoms with Crippen molar-refractivity contribution in [1.82, 2.24) is 15.3 Å². The van der Waals surface area contributed by atoms with Crippen LogP contribution in [0.15, 0.2) is 30.3 Å². The highest BCUT2D eigenvalue weighted by Gasteiger charge is 2.32. The summed E-state index contributed by atoms with van der Waals surface area (Å²) in [6.45, 7) is 7.41. The number of nitrogens with two attached hydrogens (primary N) is 1. The summed E-state index contributed by atoms with van der Waals surface area (Å²) in [5, 5.41) is 7.17. The molecule has 210 valence electrons. The summed E-state index contributed by atoms with van der Waals surface area (Å²) < 4.78 is 56.6. The number of nitrogens with one attached hydrogen (secondary N) is 2. The SMILES string of the molecule is COCCOc1cc2c(N[C@H](C)c3cc(OC(N)=O)cc(C(F)(F)F)c3)nc(C)nc2cc1N1CCNCC1. The van der Waals surface area contributed by atoms with Gasteiger partial charge in [-0.3, -0.25) is 0 Å². The Hall–Kier alpha value is -3.84. The molecule has 2 heterocycles. The van der Waals surface area contributed by atoms with Crippen molar-refractivity contribution in [1.29, 1.82) is 0 Å². The molecule has 1 aromatic heterocycles. The van der Waals surface area contributed by atoms with Crippen LogP contribution < -0.4 is 30.7 Å². The first kappa shape index (κ1) is 28.2. The Kier molecular flexibility index (Phi) is 8.60. The molecular formula is C26H31F3N6O4.